The summed E-state index contributed by atoms with van der Waals surface area (Å²) in [5.74, 6) is -1.29. The van der Waals surface area contributed by atoms with Crippen LogP contribution in [0.15, 0.2) is 46.9 Å². The highest BCUT2D eigenvalue weighted by molar-refractivity contribution is 9.10. The Labute approximate surface area is 159 Å². The summed E-state index contributed by atoms with van der Waals surface area (Å²) in [5.41, 5.74) is 0.255. The highest BCUT2D eigenvalue weighted by Crippen LogP contribution is 2.24. The standard InChI is InChI=1S/C19H18BrFN2O3/c20-13-6-7-17(24)15(12-13)19(26)23-9-3-8-22(10-11-23)18(25)14-4-1-2-5-16(14)21/h1-2,4-7,12,24H,3,8-11H2. The number of amides is 2. The van der Waals surface area contributed by atoms with Gasteiger partial charge in [0, 0.05) is 30.7 Å². The van der Waals surface area contributed by atoms with E-state index in [1.165, 1.54) is 18.2 Å². The number of nitrogens with zero attached hydrogens (tertiary/aromatic N) is 2. The number of hydrogen-bond acceptors (Lipinski definition) is 3. The number of benzene rings is 2. The van der Waals surface area contributed by atoms with Crippen molar-refractivity contribution in [2.75, 3.05) is 26.2 Å². The molecule has 3 rings (SSSR count). The first-order valence-corrected chi connectivity index (χ1v) is 9.08. The van der Waals surface area contributed by atoms with Gasteiger partial charge in [0.15, 0.2) is 0 Å². The molecule has 1 saturated heterocycles. The molecule has 7 heteroatoms. The second-order valence-electron chi connectivity index (χ2n) is 6.08. The number of rotatable bonds is 2. The summed E-state index contributed by atoms with van der Waals surface area (Å²) in [4.78, 5) is 28.4. The summed E-state index contributed by atoms with van der Waals surface area (Å²) in [6.45, 7) is 1.55. The highest BCUT2D eigenvalue weighted by atomic mass is 79.9. The van der Waals surface area contributed by atoms with Crippen LogP contribution in [0.1, 0.15) is 27.1 Å². The van der Waals surface area contributed by atoms with Crippen molar-refractivity contribution in [2.24, 2.45) is 0 Å². The molecule has 1 fully saturated rings. The van der Waals surface area contributed by atoms with E-state index in [1.807, 2.05) is 0 Å². The fourth-order valence-electron chi connectivity index (χ4n) is 2.98. The van der Waals surface area contributed by atoms with Gasteiger partial charge in [-0.1, -0.05) is 28.1 Å². The van der Waals surface area contributed by atoms with Crippen molar-refractivity contribution in [3.05, 3.63) is 63.9 Å². The van der Waals surface area contributed by atoms with Crippen LogP contribution < -0.4 is 0 Å². The predicted molar refractivity (Wildman–Crippen MR) is 98.6 cm³/mol. The van der Waals surface area contributed by atoms with Crippen molar-refractivity contribution in [1.82, 2.24) is 9.80 Å². The van der Waals surface area contributed by atoms with Crippen LogP contribution in [0.25, 0.3) is 0 Å². The van der Waals surface area contributed by atoms with Gasteiger partial charge < -0.3 is 14.9 Å². The number of aromatic hydroxyl groups is 1. The van der Waals surface area contributed by atoms with Gasteiger partial charge >= 0.3 is 0 Å². The Morgan fingerprint density at radius 1 is 0.923 bits per heavy atom. The number of phenols is 1. The van der Waals surface area contributed by atoms with Crippen LogP contribution >= 0.6 is 15.9 Å². The van der Waals surface area contributed by atoms with Gasteiger partial charge in [-0.15, -0.1) is 0 Å². The third kappa shape index (κ3) is 3.88. The van der Waals surface area contributed by atoms with Gasteiger partial charge in [0.1, 0.15) is 11.6 Å². The van der Waals surface area contributed by atoms with Crippen LogP contribution in [0.4, 0.5) is 4.39 Å². The number of halogens is 2. The van der Waals surface area contributed by atoms with Crippen molar-refractivity contribution in [2.45, 2.75) is 6.42 Å². The van der Waals surface area contributed by atoms with Gasteiger partial charge in [-0.3, -0.25) is 9.59 Å². The van der Waals surface area contributed by atoms with Gasteiger partial charge in [0.25, 0.3) is 11.8 Å². The van der Waals surface area contributed by atoms with E-state index in [9.17, 15) is 19.1 Å². The Morgan fingerprint density at radius 3 is 2.19 bits per heavy atom. The molecule has 0 bridgehead atoms. The lowest BCUT2D eigenvalue weighted by Crippen LogP contribution is -2.37. The smallest absolute Gasteiger partial charge is 0.257 e. The molecular weight excluding hydrogens is 403 g/mol. The molecule has 136 valence electrons. The minimum Gasteiger partial charge on any atom is -0.507 e. The topological polar surface area (TPSA) is 60.9 Å². The number of carbonyl (C=O) groups is 2. The number of hydrogen-bond donors (Lipinski definition) is 1. The molecule has 2 aromatic rings. The molecule has 1 aliphatic heterocycles. The van der Waals surface area contributed by atoms with Crippen LogP contribution in [0.5, 0.6) is 5.75 Å². The van der Waals surface area contributed by atoms with E-state index < -0.39 is 5.82 Å². The van der Waals surface area contributed by atoms with Gasteiger partial charge in [-0.2, -0.15) is 0 Å². The second-order valence-corrected chi connectivity index (χ2v) is 6.99. The zero-order valence-electron chi connectivity index (χ0n) is 14.0. The lowest BCUT2D eigenvalue weighted by atomic mass is 10.1. The Kier molecular flexibility index (Phi) is 5.56. The summed E-state index contributed by atoms with van der Waals surface area (Å²) in [6.07, 6.45) is 0.584. The Balaban J connectivity index is 1.72. The molecule has 2 amide bonds. The normalized spacial score (nSPS) is 14.8. The molecule has 0 unspecified atom stereocenters. The van der Waals surface area contributed by atoms with Crippen molar-refractivity contribution < 1.29 is 19.1 Å². The minimum atomic E-state index is -0.547. The number of phenolic OH excluding ortho intramolecular Hbond substituents is 1. The summed E-state index contributed by atoms with van der Waals surface area (Å²) in [7, 11) is 0. The first-order chi connectivity index (χ1) is 12.5. The molecule has 0 atom stereocenters. The molecule has 2 aromatic carbocycles. The van der Waals surface area contributed by atoms with E-state index in [4.69, 9.17) is 0 Å². The maximum Gasteiger partial charge on any atom is 0.257 e. The molecule has 1 heterocycles. The van der Waals surface area contributed by atoms with E-state index in [0.717, 1.165) is 0 Å². The lowest BCUT2D eigenvalue weighted by Gasteiger charge is -2.22. The molecule has 0 aliphatic carbocycles. The van der Waals surface area contributed by atoms with E-state index >= 15 is 0 Å². The molecule has 1 N–H and O–H groups in total. The quantitative estimate of drug-likeness (QED) is 0.810. The van der Waals surface area contributed by atoms with Gasteiger partial charge in [0.2, 0.25) is 0 Å². The SMILES string of the molecule is O=C(c1cc(Br)ccc1O)N1CCCN(C(=O)c2ccccc2F)CC1. The van der Waals surface area contributed by atoms with E-state index in [-0.39, 0.29) is 28.7 Å². The third-order valence-corrected chi connectivity index (χ3v) is 4.86. The molecule has 1 aliphatic rings. The van der Waals surface area contributed by atoms with Crippen LogP contribution in [0, 0.1) is 5.82 Å². The summed E-state index contributed by atoms with van der Waals surface area (Å²) in [5, 5.41) is 9.95. The van der Waals surface area contributed by atoms with Crippen LogP contribution in [0.2, 0.25) is 0 Å². The highest BCUT2D eigenvalue weighted by Gasteiger charge is 2.26. The van der Waals surface area contributed by atoms with Crippen LogP contribution in [-0.2, 0) is 0 Å². The zero-order valence-corrected chi connectivity index (χ0v) is 15.6. The summed E-state index contributed by atoms with van der Waals surface area (Å²) >= 11 is 3.30. The fraction of sp³-hybridized carbons (Fsp3) is 0.263. The first-order valence-electron chi connectivity index (χ1n) is 8.29. The molecule has 0 aromatic heterocycles. The van der Waals surface area contributed by atoms with Crippen LogP contribution in [-0.4, -0.2) is 52.9 Å². The van der Waals surface area contributed by atoms with Gasteiger partial charge in [-0.25, -0.2) is 4.39 Å². The van der Waals surface area contributed by atoms with E-state index in [0.29, 0.717) is 37.1 Å². The average Bonchev–Trinajstić information content (AvgIpc) is 2.89. The fourth-order valence-corrected chi connectivity index (χ4v) is 3.34. The van der Waals surface area contributed by atoms with Crippen LogP contribution in [0.3, 0.4) is 0 Å². The molecule has 0 saturated carbocycles. The van der Waals surface area contributed by atoms with Crippen molar-refractivity contribution in [3.63, 3.8) is 0 Å². The van der Waals surface area contributed by atoms with Crippen molar-refractivity contribution in [1.29, 1.82) is 0 Å². The first kappa shape index (κ1) is 18.4. The monoisotopic (exact) mass is 420 g/mol. The Hall–Kier alpha value is -2.41. The molecule has 5 nitrogen and oxygen atoms in total. The second kappa shape index (κ2) is 7.86. The number of carbonyl (C=O) groups excluding carboxylic acids is 2. The Bertz CT molecular complexity index is 843. The minimum absolute atomic E-state index is 0.0388. The van der Waals surface area contributed by atoms with E-state index in [2.05, 4.69) is 15.9 Å². The molecular formula is C19H18BrFN2O3. The third-order valence-electron chi connectivity index (χ3n) is 4.36. The van der Waals surface area contributed by atoms with Crippen molar-refractivity contribution >= 4 is 27.7 Å². The lowest BCUT2D eigenvalue weighted by molar-refractivity contribution is 0.0714. The van der Waals surface area contributed by atoms with E-state index in [1.54, 1.807) is 34.1 Å². The predicted octanol–water partition coefficient (Wildman–Crippen LogP) is 3.28. The maximum atomic E-state index is 13.9. The molecule has 26 heavy (non-hydrogen) atoms. The van der Waals surface area contributed by atoms with Gasteiger partial charge in [0.05, 0.1) is 11.1 Å². The summed E-state index contributed by atoms with van der Waals surface area (Å²) in [6, 6.07) is 10.6. The van der Waals surface area contributed by atoms with Gasteiger partial charge in [-0.05, 0) is 36.8 Å². The van der Waals surface area contributed by atoms with Crippen molar-refractivity contribution in [3.8, 4) is 5.75 Å². The molecule has 0 radical (unpaired) electrons. The average molecular weight is 421 g/mol. The molecule has 0 spiro atoms. The maximum absolute atomic E-state index is 13.9. The zero-order chi connectivity index (χ0) is 18.7. The summed E-state index contributed by atoms with van der Waals surface area (Å²) < 4.78 is 14.6. The Morgan fingerprint density at radius 2 is 1.54 bits per heavy atom. The largest absolute Gasteiger partial charge is 0.507 e.